The zero-order chi connectivity index (χ0) is 23.0. The number of hydrogen-bond acceptors (Lipinski definition) is 12. The van der Waals surface area contributed by atoms with Crippen molar-refractivity contribution in [3.05, 3.63) is 39.0 Å². The number of β-lactam (4-membered cyclic amide) rings is 1. The lowest BCUT2D eigenvalue weighted by atomic mass is 10.0. The first-order chi connectivity index (χ1) is 15.3. The third kappa shape index (κ3) is 3.85. The highest BCUT2D eigenvalue weighted by molar-refractivity contribution is 8.00. The predicted molar refractivity (Wildman–Crippen MR) is 118 cm³/mol. The van der Waals surface area contributed by atoms with Crippen LogP contribution in [0.4, 0.5) is 5.13 Å². The Labute approximate surface area is 192 Å². The van der Waals surface area contributed by atoms with Gasteiger partial charge in [0.1, 0.15) is 22.8 Å². The maximum Gasteiger partial charge on any atom is 0.352 e. The monoisotopic (exact) mass is 493 g/mol. The van der Waals surface area contributed by atoms with Crippen LogP contribution in [0.3, 0.4) is 0 Å². The summed E-state index contributed by atoms with van der Waals surface area (Å²) in [6.07, 6.45) is 3.35. The van der Waals surface area contributed by atoms with Crippen LogP contribution in [-0.2, 0) is 14.4 Å². The molecule has 2 aliphatic rings. The smallest absolute Gasteiger partial charge is 0.352 e. The van der Waals surface area contributed by atoms with Crippen molar-refractivity contribution in [2.45, 2.75) is 18.3 Å². The lowest BCUT2D eigenvalue weighted by Crippen LogP contribution is -2.71. The van der Waals surface area contributed by atoms with Crippen molar-refractivity contribution in [2.75, 3.05) is 11.5 Å². The van der Waals surface area contributed by atoms with Crippen LogP contribution in [-0.4, -0.2) is 70.4 Å². The van der Waals surface area contributed by atoms with Crippen molar-refractivity contribution in [3.8, 4) is 0 Å². The molecule has 4 heterocycles. The van der Waals surface area contributed by atoms with Gasteiger partial charge >= 0.3 is 5.97 Å². The minimum Gasteiger partial charge on any atom is -0.477 e. The summed E-state index contributed by atoms with van der Waals surface area (Å²) in [6.45, 7) is 1.79. The molecule has 12 nitrogen and oxygen atoms in total. The third-order valence-corrected chi connectivity index (χ3v) is 7.46. The van der Waals surface area contributed by atoms with Gasteiger partial charge in [-0.2, -0.15) is 0 Å². The molecule has 2 aliphatic heterocycles. The fraction of sp³-hybridized carbons (Fsp3) is 0.235. The van der Waals surface area contributed by atoms with Crippen LogP contribution in [0.15, 0.2) is 27.9 Å². The summed E-state index contributed by atoms with van der Waals surface area (Å²) in [7, 11) is 0. The number of thioether (sulfide) groups is 1. The molecule has 4 rings (SSSR count). The zero-order valence-corrected chi connectivity index (χ0v) is 18.7. The number of aromatic nitrogens is 3. The molecule has 166 valence electrons. The number of nitrogens with two attached hydrogens (primary N) is 1. The number of fused-ring (bicyclic) bond motifs is 1. The Morgan fingerprint density at radius 1 is 1.41 bits per heavy atom. The molecule has 2 aromatic rings. The fourth-order valence-corrected chi connectivity index (χ4v) is 5.58. The van der Waals surface area contributed by atoms with Crippen LogP contribution >= 0.6 is 34.6 Å². The van der Waals surface area contributed by atoms with Crippen LogP contribution in [0.5, 0.6) is 0 Å². The molecule has 0 aromatic carbocycles. The summed E-state index contributed by atoms with van der Waals surface area (Å²) in [5, 5.41) is 29.3. The summed E-state index contributed by atoms with van der Waals surface area (Å²) in [5.41, 5.74) is 6.26. The number of nitrogen functional groups attached to an aromatic ring is 1. The lowest BCUT2D eigenvalue weighted by Gasteiger charge is -2.49. The van der Waals surface area contributed by atoms with Gasteiger partial charge in [-0.05, 0) is 30.1 Å². The zero-order valence-electron chi connectivity index (χ0n) is 16.3. The maximum absolute atomic E-state index is 12.8. The van der Waals surface area contributed by atoms with E-state index in [1.54, 1.807) is 19.1 Å². The first-order valence-corrected chi connectivity index (χ1v) is 11.6. The van der Waals surface area contributed by atoms with Gasteiger partial charge in [-0.1, -0.05) is 15.7 Å². The first-order valence-electron chi connectivity index (χ1n) is 8.94. The number of allylic oxidation sites excluding steroid dienone is 1. The Kier molecular flexibility index (Phi) is 5.94. The Morgan fingerprint density at radius 2 is 2.19 bits per heavy atom. The van der Waals surface area contributed by atoms with Crippen molar-refractivity contribution in [3.63, 3.8) is 0 Å². The summed E-state index contributed by atoms with van der Waals surface area (Å²) in [5.74, 6) is -2.34. The molecule has 0 bridgehead atoms. The third-order valence-electron chi connectivity index (χ3n) is 4.69. The number of anilines is 1. The number of carbonyl (C=O) groups excluding carboxylic acids is 2. The van der Waals surface area contributed by atoms with Gasteiger partial charge < -0.3 is 21.4 Å². The van der Waals surface area contributed by atoms with Gasteiger partial charge in [-0.15, -0.1) is 28.2 Å². The van der Waals surface area contributed by atoms with Gasteiger partial charge in [0.2, 0.25) is 0 Å². The highest BCUT2D eigenvalue weighted by Crippen LogP contribution is 2.41. The average molecular weight is 494 g/mol. The second kappa shape index (κ2) is 8.68. The number of carbonyl (C=O) groups is 3. The first kappa shape index (κ1) is 21.9. The Hall–Kier alpha value is -3.30. The summed E-state index contributed by atoms with van der Waals surface area (Å²) < 4.78 is 3.83. The van der Waals surface area contributed by atoms with Crippen molar-refractivity contribution < 1.29 is 24.7 Å². The molecule has 2 amide bonds. The van der Waals surface area contributed by atoms with E-state index < -0.39 is 34.9 Å². The van der Waals surface area contributed by atoms with E-state index >= 15 is 0 Å². The summed E-state index contributed by atoms with van der Waals surface area (Å²) in [6, 6.07) is -0.979. The molecule has 1 saturated heterocycles. The largest absolute Gasteiger partial charge is 0.477 e. The molecular formula is C17H15N7O5S3. The van der Waals surface area contributed by atoms with E-state index in [2.05, 4.69) is 25.0 Å². The molecule has 2 aromatic heterocycles. The van der Waals surface area contributed by atoms with Crippen LogP contribution in [0.2, 0.25) is 0 Å². The minimum absolute atomic E-state index is 0.0684. The number of carboxylic acid groups (broad SMARTS) is 1. The highest BCUT2D eigenvalue weighted by Gasteiger charge is 2.54. The van der Waals surface area contributed by atoms with E-state index in [0.29, 0.717) is 11.3 Å². The standard InChI is InChI=1S/C17H15N7O5S3/c1-6-9(32-23-21-6)3-2-7-4-30-15-11(14(26)24(15)12(7)16(27)28)20-13(25)10(22-29)8-5-31-17(18)19-8/h2-3,5,11,15,29H,4H2,1H3,(H2,18,19)(H,20,25)(H,27,28)/b3-2-,22-10-. The van der Waals surface area contributed by atoms with Gasteiger partial charge in [0.25, 0.3) is 11.8 Å². The van der Waals surface area contributed by atoms with Crippen molar-refractivity contribution in [1.29, 1.82) is 0 Å². The molecule has 2 atom stereocenters. The molecule has 32 heavy (non-hydrogen) atoms. The van der Waals surface area contributed by atoms with Crippen LogP contribution < -0.4 is 11.1 Å². The second-order valence-electron chi connectivity index (χ2n) is 6.62. The molecular weight excluding hydrogens is 478 g/mol. The minimum atomic E-state index is -1.25. The molecule has 0 saturated carbocycles. The number of aliphatic carboxylic acids is 1. The Balaban J connectivity index is 1.53. The van der Waals surface area contributed by atoms with Gasteiger partial charge in [0.15, 0.2) is 10.8 Å². The van der Waals surface area contributed by atoms with Crippen molar-refractivity contribution in [2.24, 2.45) is 5.16 Å². The van der Waals surface area contributed by atoms with E-state index in [0.717, 1.165) is 26.8 Å². The van der Waals surface area contributed by atoms with Crippen molar-refractivity contribution >= 4 is 69.3 Å². The summed E-state index contributed by atoms with van der Waals surface area (Å²) in [4.78, 5) is 43.0. The Morgan fingerprint density at radius 3 is 2.78 bits per heavy atom. The fourth-order valence-electron chi connectivity index (χ4n) is 3.16. The predicted octanol–water partition coefficient (Wildman–Crippen LogP) is 0.516. The number of nitrogens with zero attached hydrogens (tertiary/aromatic N) is 5. The second-order valence-corrected chi connectivity index (χ2v) is 9.40. The van der Waals surface area contributed by atoms with Gasteiger partial charge in [0.05, 0.1) is 10.6 Å². The molecule has 5 N–H and O–H groups in total. The molecule has 1 fully saturated rings. The van der Waals surface area contributed by atoms with Gasteiger partial charge in [0, 0.05) is 11.1 Å². The van der Waals surface area contributed by atoms with E-state index in [-0.39, 0.29) is 16.5 Å². The number of nitrogens with one attached hydrogen (secondary N) is 1. The van der Waals surface area contributed by atoms with E-state index in [9.17, 15) is 24.7 Å². The number of thiazole rings is 1. The number of oxime groups is 1. The number of rotatable bonds is 6. The molecule has 15 heteroatoms. The number of amides is 2. The van der Waals surface area contributed by atoms with Crippen LogP contribution in [0.25, 0.3) is 6.08 Å². The SMILES string of the molecule is Cc1nnsc1/C=C\C1=C(C(=O)O)N2C(=O)C(NC(=O)/C(=N\O)c3csc(N)n3)C2SC1. The lowest BCUT2D eigenvalue weighted by molar-refractivity contribution is -0.150. The number of carboxylic acids is 1. The topological polar surface area (TPSA) is 184 Å². The molecule has 2 unspecified atom stereocenters. The molecule has 0 radical (unpaired) electrons. The average Bonchev–Trinajstić information content (AvgIpc) is 3.37. The Bertz CT molecular complexity index is 1200. The van der Waals surface area contributed by atoms with Gasteiger partial charge in [-0.25, -0.2) is 9.78 Å². The summed E-state index contributed by atoms with van der Waals surface area (Å²) >= 11 is 3.55. The number of hydrogen-bond donors (Lipinski definition) is 4. The molecule has 0 aliphatic carbocycles. The molecule has 0 spiro atoms. The van der Waals surface area contributed by atoms with Crippen LogP contribution in [0.1, 0.15) is 16.3 Å². The van der Waals surface area contributed by atoms with Gasteiger partial charge in [-0.3, -0.25) is 14.5 Å². The van der Waals surface area contributed by atoms with E-state index in [1.165, 1.54) is 28.7 Å². The van der Waals surface area contributed by atoms with E-state index in [1.807, 2.05) is 0 Å². The van der Waals surface area contributed by atoms with Crippen molar-refractivity contribution in [1.82, 2.24) is 24.8 Å². The number of aryl methyl sites for hydroxylation is 1. The quantitative estimate of drug-likeness (QED) is 0.191. The highest BCUT2D eigenvalue weighted by atomic mass is 32.2. The maximum atomic E-state index is 12.8. The normalized spacial score (nSPS) is 21.0. The van der Waals surface area contributed by atoms with Crippen LogP contribution in [0, 0.1) is 6.92 Å². The van der Waals surface area contributed by atoms with E-state index in [4.69, 9.17) is 5.73 Å².